The molecule has 6 nitrogen and oxygen atoms in total. The number of likely N-dealkylation sites (tertiary alicyclic amines) is 1. The fourth-order valence-corrected chi connectivity index (χ4v) is 4.34. The van der Waals surface area contributed by atoms with Gasteiger partial charge in [0.05, 0.1) is 16.3 Å². The molecule has 2 aliphatic rings. The Labute approximate surface area is 145 Å². The molecule has 2 heterocycles. The number of hydrogen-bond acceptors (Lipinski definition) is 4. The topological polar surface area (TPSA) is 63.9 Å². The molecule has 1 saturated carbocycles. The SMILES string of the molecule is O=C(c1ccc(-n2cnnn2)cc1Cl)N1CCC2(CCCCC2)C1. The van der Waals surface area contributed by atoms with Crippen LogP contribution in [0.4, 0.5) is 0 Å². The fraction of sp³-hybridized carbons (Fsp3) is 0.529. The van der Waals surface area contributed by atoms with E-state index in [4.69, 9.17) is 11.6 Å². The second-order valence-corrected chi connectivity index (χ2v) is 7.36. The van der Waals surface area contributed by atoms with Gasteiger partial charge in [-0.3, -0.25) is 4.79 Å². The van der Waals surface area contributed by atoms with E-state index in [-0.39, 0.29) is 5.91 Å². The van der Waals surface area contributed by atoms with Gasteiger partial charge in [-0.25, -0.2) is 4.68 Å². The highest BCUT2D eigenvalue weighted by Crippen LogP contribution is 2.44. The van der Waals surface area contributed by atoms with E-state index in [0.29, 0.717) is 16.0 Å². The summed E-state index contributed by atoms with van der Waals surface area (Å²) in [7, 11) is 0. The Kier molecular flexibility index (Phi) is 4.00. The lowest BCUT2D eigenvalue weighted by atomic mass is 9.73. The van der Waals surface area contributed by atoms with Crippen LogP contribution >= 0.6 is 11.6 Å². The van der Waals surface area contributed by atoms with E-state index in [1.165, 1.54) is 43.1 Å². The third kappa shape index (κ3) is 2.79. The molecular formula is C17H20ClN5O. The zero-order valence-corrected chi connectivity index (χ0v) is 14.2. The summed E-state index contributed by atoms with van der Waals surface area (Å²) in [5, 5.41) is 11.5. The number of carbonyl (C=O) groups excluding carboxylic acids is 1. The number of amides is 1. The third-order valence-corrected chi connectivity index (χ3v) is 5.75. The first-order valence-electron chi connectivity index (χ1n) is 8.49. The molecule has 1 saturated heterocycles. The average Bonchev–Trinajstić information content (AvgIpc) is 3.26. The lowest BCUT2D eigenvalue weighted by Gasteiger charge is -2.33. The van der Waals surface area contributed by atoms with Crippen molar-refractivity contribution in [2.75, 3.05) is 13.1 Å². The minimum Gasteiger partial charge on any atom is -0.338 e. The van der Waals surface area contributed by atoms with Crippen molar-refractivity contribution < 1.29 is 4.79 Å². The van der Waals surface area contributed by atoms with E-state index in [9.17, 15) is 4.79 Å². The monoisotopic (exact) mass is 345 g/mol. The van der Waals surface area contributed by atoms with Crippen LogP contribution in [0.3, 0.4) is 0 Å². The third-order valence-electron chi connectivity index (χ3n) is 5.44. The molecule has 0 bridgehead atoms. The normalized spacial score (nSPS) is 19.8. The summed E-state index contributed by atoms with van der Waals surface area (Å²) >= 11 is 6.37. The lowest BCUT2D eigenvalue weighted by molar-refractivity contribution is 0.0759. The molecule has 2 aromatic rings. The van der Waals surface area contributed by atoms with Crippen molar-refractivity contribution in [1.82, 2.24) is 25.1 Å². The Morgan fingerprint density at radius 1 is 1.17 bits per heavy atom. The van der Waals surface area contributed by atoms with Gasteiger partial charge in [-0.15, -0.1) is 5.10 Å². The molecule has 126 valence electrons. The van der Waals surface area contributed by atoms with Crippen LogP contribution < -0.4 is 0 Å². The summed E-state index contributed by atoms with van der Waals surface area (Å²) in [6, 6.07) is 5.33. The molecule has 0 N–H and O–H groups in total. The number of halogens is 1. The smallest absolute Gasteiger partial charge is 0.255 e. The first kappa shape index (κ1) is 15.6. The van der Waals surface area contributed by atoms with Gasteiger partial charge >= 0.3 is 0 Å². The first-order chi connectivity index (χ1) is 11.7. The Morgan fingerprint density at radius 2 is 2.00 bits per heavy atom. The van der Waals surface area contributed by atoms with Gasteiger partial charge in [0.2, 0.25) is 0 Å². The molecule has 1 aliphatic heterocycles. The molecule has 0 atom stereocenters. The molecule has 1 amide bonds. The maximum atomic E-state index is 12.9. The summed E-state index contributed by atoms with van der Waals surface area (Å²) in [5.74, 6) is 0.0331. The summed E-state index contributed by atoms with van der Waals surface area (Å²) in [6.07, 6.45) is 9.05. The highest BCUT2D eigenvalue weighted by molar-refractivity contribution is 6.34. The average molecular weight is 346 g/mol. The van der Waals surface area contributed by atoms with Gasteiger partial charge in [0.15, 0.2) is 0 Å². The van der Waals surface area contributed by atoms with Crippen LogP contribution in [0.2, 0.25) is 5.02 Å². The largest absolute Gasteiger partial charge is 0.338 e. The highest BCUT2D eigenvalue weighted by Gasteiger charge is 2.40. The maximum Gasteiger partial charge on any atom is 0.255 e. The number of carbonyl (C=O) groups is 1. The molecule has 4 rings (SSSR count). The number of benzene rings is 1. The van der Waals surface area contributed by atoms with Crippen molar-refractivity contribution in [2.45, 2.75) is 38.5 Å². The fourth-order valence-electron chi connectivity index (χ4n) is 4.09. The zero-order chi connectivity index (χ0) is 16.6. The molecule has 7 heteroatoms. The van der Waals surface area contributed by atoms with Gasteiger partial charge < -0.3 is 4.90 Å². The molecule has 1 aromatic carbocycles. The molecule has 1 aromatic heterocycles. The first-order valence-corrected chi connectivity index (χ1v) is 8.87. The Bertz CT molecular complexity index is 739. The Balaban J connectivity index is 1.52. The molecule has 24 heavy (non-hydrogen) atoms. The maximum absolute atomic E-state index is 12.9. The van der Waals surface area contributed by atoms with Crippen LogP contribution in [-0.4, -0.2) is 44.1 Å². The van der Waals surface area contributed by atoms with E-state index in [1.54, 1.807) is 12.1 Å². The molecule has 0 unspecified atom stereocenters. The van der Waals surface area contributed by atoms with E-state index in [2.05, 4.69) is 15.5 Å². The molecule has 2 fully saturated rings. The number of hydrogen-bond donors (Lipinski definition) is 0. The summed E-state index contributed by atoms with van der Waals surface area (Å²) in [6.45, 7) is 1.71. The number of nitrogens with zero attached hydrogens (tertiary/aromatic N) is 5. The van der Waals surface area contributed by atoms with E-state index in [1.807, 2.05) is 11.0 Å². The lowest BCUT2D eigenvalue weighted by Crippen LogP contribution is -2.33. The van der Waals surface area contributed by atoms with Crippen LogP contribution in [0, 0.1) is 5.41 Å². The zero-order valence-electron chi connectivity index (χ0n) is 13.5. The minimum absolute atomic E-state index is 0.0331. The predicted molar refractivity (Wildman–Crippen MR) is 90.2 cm³/mol. The van der Waals surface area contributed by atoms with Gasteiger partial charge in [-0.05, 0) is 53.3 Å². The second-order valence-electron chi connectivity index (χ2n) is 6.96. The van der Waals surface area contributed by atoms with Crippen LogP contribution in [0.5, 0.6) is 0 Å². The summed E-state index contributed by atoms with van der Waals surface area (Å²) in [4.78, 5) is 14.9. The number of rotatable bonds is 2. The van der Waals surface area contributed by atoms with E-state index in [0.717, 1.165) is 25.2 Å². The predicted octanol–water partition coefficient (Wildman–Crippen LogP) is 3.11. The van der Waals surface area contributed by atoms with Crippen LogP contribution in [0.15, 0.2) is 24.5 Å². The quantitative estimate of drug-likeness (QED) is 0.839. The van der Waals surface area contributed by atoms with Gasteiger partial charge in [0, 0.05) is 13.1 Å². The highest BCUT2D eigenvalue weighted by atomic mass is 35.5. The van der Waals surface area contributed by atoms with Gasteiger partial charge in [0.25, 0.3) is 5.91 Å². The van der Waals surface area contributed by atoms with Crippen molar-refractivity contribution in [3.8, 4) is 5.69 Å². The van der Waals surface area contributed by atoms with Crippen molar-refractivity contribution in [2.24, 2.45) is 5.41 Å². The van der Waals surface area contributed by atoms with Crippen molar-refractivity contribution in [1.29, 1.82) is 0 Å². The van der Waals surface area contributed by atoms with Crippen LogP contribution in [0.25, 0.3) is 5.69 Å². The van der Waals surface area contributed by atoms with Crippen LogP contribution in [0.1, 0.15) is 48.9 Å². The number of tetrazole rings is 1. The van der Waals surface area contributed by atoms with Crippen LogP contribution in [-0.2, 0) is 0 Å². The van der Waals surface area contributed by atoms with E-state index < -0.39 is 0 Å². The molecule has 1 aliphatic carbocycles. The second kappa shape index (κ2) is 6.16. The molecule has 1 spiro atoms. The van der Waals surface area contributed by atoms with Crippen molar-refractivity contribution in [3.05, 3.63) is 35.1 Å². The van der Waals surface area contributed by atoms with Gasteiger partial charge in [-0.1, -0.05) is 30.9 Å². The van der Waals surface area contributed by atoms with Crippen molar-refractivity contribution in [3.63, 3.8) is 0 Å². The minimum atomic E-state index is 0.0331. The Hall–Kier alpha value is -1.95. The summed E-state index contributed by atoms with van der Waals surface area (Å²) in [5.41, 5.74) is 1.65. The van der Waals surface area contributed by atoms with Crippen molar-refractivity contribution >= 4 is 17.5 Å². The molecule has 0 radical (unpaired) electrons. The summed E-state index contributed by atoms with van der Waals surface area (Å²) < 4.78 is 1.52. The van der Waals surface area contributed by atoms with Gasteiger partial charge in [0.1, 0.15) is 6.33 Å². The standard InChI is InChI=1S/C17H20ClN5O/c18-15-10-13(23-12-19-20-21-23)4-5-14(15)16(24)22-9-8-17(11-22)6-2-1-3-7-17/h4-5,10,12H,1-3,6-9,11H2. The Morgan fingerprint density at radius 3 is 2.71 bits per heavy atom. The number of aromatic nitrogens is 4. The molecular weight excluding hydrogens is 326 g/mol. The van der Waals surface area contributed by atoms with E-state index >= 15 is 0 Å². The van der Waals surface area contributed by atoms with Gasteiger partial charge in [-0.2, -0.15) is 0 Å².